The molecule has 0 saturated carbocycles. The van der Waals surface area contributed by atoms with Crippen molar-refractivity contribution in [1.82, 2.24) is 0 Å². The van der Waals surface area contributed by atoms with Crippen LogP contribution in [0.4, 0.5) is 4.39 Å². The minimum Gasteiger partial charge on any atom is -0.326 e. The molecule has 0 aromatic heterocycles. The van der Waals surface area contributed by atoms with Gasteiger partial charge >= 0.3 is 0 Å². The van der Waals surface area contributed by atoms with E-state index in [2.05, 4.69) is 32.0 Å². The molecule has 0 heterocycles. The summed E-state index contributed by atoms with van der Waals surface area (Å²) in [5.74, 6) is 0.544. The Morgan fingerprint density at radius 2 is 1.84 bits per heavy atom. The third-order valence-corrected chi connectivity index (χ3v) is 4.33. The lowest BCUT2D eigenvalue weighted by Gasteiger charge is -2.10. The molecule has 0 aliphatic heterocycles. The average Bonchev–Trinajstić information content (AvgIpc) is 2.38. The van der Waals surface area contributed by atoms with E-state index < -0.39 is 0 Å². The molecular weight excluding hydrogens is 257 g/mol. The highest BCUT2D eigenvalue weighted by molar-refractivity contribution is 7.98. The van der Waals surface area contributed by atoms with Gasteiger partial charge in [-0.3, -0.25) is 0 Å². The molecule has 0 aliphatic rings. The van der Waals surface area contributed by atoms with Gasteiger partial charge in [0.25, 0.3) is 0 Å². The van der Waals surface area contributed by atoms with E-state index in [0.29, 0.717) is 6.54 Å². The summed E-state index contributed by atoms with van der Waals surface area (Å²) in [5, 5.41) is 0. The fourth-order valence-electron chi connectivity index (χ4n) is 2.04. The smallest absolute Gasteiger partial charge is 0.123 e. The number of aryl methyl sites for hydroxylation is 2. The van der Waals surface area contributed by atoms with Crippen LogP contribution in [-0.4, -0.2) is 0 Å². The third kappa shape index (κ3) is 3.58. The Hall–Kier alpha value is -1.32. The zero-order chi connectivity index (χ0) is 13.8. The van der Waals surface area contributed by atoms with E-state index in [1.165, 1.54) is 22.1 Å². The Labute approximate surface area is 118 Å². The van der Waals surface area contributed by atoms with E-state index in [1.807, 2.05) is 0 Å². The number of hydrogen-bond acceptors (Lipinski definition) is 2. The minimum atomic E-state index is -0.201. The van der Waals surface area contributed by atoms with Gasteiger partial charge in [-0.1, -0.05) is 23.8 Å². The summed E-state index contributed by atoms with van der Waals surface area (Å²) >= 11 is 1.72. The molecule has 19 heavy (non-hydrogen) atoms. The van der Waals surface area contributed by atoms with Crippen LogP contribution in [0.15, 0.2) is 41.3 Å². The van der Waals surface area contributed by atoms with Gasteiger partial charge in [0.2, 0.25) is 0 Å². The maximum atomic E-state index is 13.3. The number of nitrogens with two attached hydrogens (primary N) is 1. The molecule has 0 spiro atoms. The Morgan fingerprint density at radius 3 is 2.53 bits per heavy atom. The molecule has 0 atom stereocenters. The van der Waals surface area contributed by atoms with Crippen molar-refractivity contribution in [3.63, 3.8) is 0 Å². The van der Waals surface area contributed by atoms with Gasteiger partial charge in [0.05, 0.1) is 0 Å². The normalized spacial score (nSPS) is 10.7. The lowest BCUT2D eigenvalue weighted by Crippen LogP contribution is -2.01. The molecule has 0 aliphatic carbocycles. The summed E-state index contributed by atoms with van der Waals surface area (Å²) in [4.78, 5) is 1.23. The number of hydrogen-bond donors (Lipinski definition) is 1. The van der Waals surface area contributed by atoms with Crippen LogP contribution in [0, 0.1) is 19.7 Å². The van der Waals surface area contributed by atoms with Crippen molar-refractivity contribution in [3.8, 4) is 0 Å². The Morgan fingerprint density at radius 1 is 1.05 bits per heavy atom. The fraction of sp³-hybridized carbons (Fsp3) is 0.250. The molecule has 1 nitrogen and oxygen atoms in total. The quantitative estimate of drug-likeness (QED) is 0.847. The predicted octanol–water partition coefficient (Wildman–Crippen LogP) is 4.19. The second-order valence-electron chi connectivity index (χ2n) is 4.67. The Balaban J connectivity index is 2.16. The molecule has 3 heteroatoms. The van der Waals surface area contributed by atoms with Gasteiger partial charge in [0, 0.05) is 17.2 Å². The van der Waals surface area contributed by atoms with Crippen LogP contribution in [0.5, 0.6) is 0 Å². The van der Waals surface area contributed by atoms with Crippen LogP contribution in [0.1, 0.15) is 22.3 Å². The highest BCUT2D eigenvalue weighted by Gasteiger charge is 2.05. The van der Waals surface area contributed by atoms with Crippen LogP contribution in [0.2, 0.25) is 0 Å². The van der Waals surface area contributed by atoms with Gasteiger partial charge in [0.1, 0.15) is 5.82 Å². The van der Waals surface area contributed by atoms with Crippen LogP contribution in [0.25, 0.3) is 0 Å². The first kappa shape index (κ1) is 14.1. The molecule has 0 fully saturated rings. The van der Waals surface area contributed by atoms with Crippen molar-refractivity contribution < 1.29 is 4.39 Å². The lowest BCUT2D eigenvalue weighted by molar-refractivity contribution is 0.625. The zero-order valence-electron chi connectivity index (χ0n) is 11.2. The Kier molecular flexibility index (Phi) is 4.61. The molecule has 0 saturated heterocycles. The van der Waals surface area contributed by atoms with E-state index in [-0.39, 0.29) is 5.82 Å². The Bertz CT molecular complexity index is 581. The van der Waals surface area contributed by atoms with Gasteiger partial charge in [-0.15, -0.1) is 11.8 Å². The molecule has 0 bridgehead atoms. The first-order valence-electron chi connectivity index (χ1n) is 6.27. The summed E-state index contributed by atoms with van der Waals surface area (Å²) < 4.78 is 13.3. The van der Waals surface area contributed by atoms with E-state index >= 15 is 0 Å². The molecule has 2 aromatic carbocycles. The minimum absolute atomic E-state index is 0.201. The second-order valence-corrected chi connectivity index (χ2v) is 5.69. The number of halogens is 1. The van der Waals surface area contributed by atoms with E-state index in [1.54, 1.807) is 23.9 Å². The summed E-state index contributed by atoms with van der Waals surface area (Å²) in [6, 6.07) is 11.2. The van der Waals surface area contributed by atoms with Gasteiger partial charge in [-0.2, -0.15) is 0 Å². The zero-order valence-corrected chi connectivity index (χ0v) is 12.1. The predicted molar refractivity (Wildman–Crippen MR) is 79.8 cm³/mol. The lowest BCUT2D eigenvalue weighted by atomic mass is 10.1. The summed E-state index contributed by atoms with van der Waals surface area (Å²) in [6.45, 7) is 4.63. The highest BCUT2D eigenvalue weighted by atomic mass is 32.2. The SMILES string of the molecule is Cc1ccc(SCc2cc(F)ccc2CN)c(C)c1. The fourth-order valence-corrected chi connectivity index (χ4v) is 3.08. The highest BCUT2D eigenvalue weighted by Crippen LogP contribution is 2.28. The van der Waals surface area contributed by atoms with Crippen LogP contribution in [0.3, 0.4) is 0 Å². The van der Waals surface area contributed by atoms with Crippen LogP contribution >= 0.6 is 11.8 Å². The third-order valence-electron chi connectivity index (χ3n) is 3.10. The van der Waals surface area contributed by atoms with Gasteiger partial charge in [0.15, 0.2) is 0 Å². The summed E-state index contributed by atoms with van der Waals surface area (Å²) in [6.07, 6.45) is 0. The van der Waals surface area contributed by atoms with Crippen LogP contribution < -0.4 is 5.73 Å². The van der Waals surface area contributed by atoms with E-state index in [9.17, 15) is 4.39 Å². The van der Waals surface area contributed by atoms with Gasteiger partial charge < -0.3 is 5.73 Å². The topological polar surface area (TPSA) is 26.0 Å². The average molecular weight is 275 g/mol. The van der Waals surface area contributed by atoms with Crippen molar-refractivity contribution in [2.75, 3.05) is 0 Å². The van der Waals surface area contributed by atoms with Gasteiger partial charge in [-0.25, -0.2) is 4.39 Å². The standard InChI is InChI=1S/C16H18FNS/c1-11-3-6-16(12(2)7-11)19-10-14-8-15(17)5-4-13(14)9-18/h3-8H,9-10,18H2,1-2H3. The first-order chi connectivity index (χ1) is 9.10. The monoisotopic (exact) mass is 275 g/mol. The summed E-state index contributed by atoms with van der Waals surface area (Å²) in [7, 11) is 0. The molecule has 0 unspecified atom stereocenters. The molecule has 2 aromatic rings. The van der Waals surface area contributed by atoms with Crippen molar-refractivity contribution >= 4 is 11.8 Å². The summed E-state index contributed by atoms with van der Waals surface area (Å²) in [5.41, 5.74) is 10.2. The van der Waals surface area contributed by atoms with Crippen LogP contribution in [-0.2, 0) is 12.3 Å². The molecule has 100 valence electrons. The maximum Gasteiger partial charge on any atom is 0.123 e. The second kappa shape index (κ2) is 6.22. The number of thioether (sulfide) groups is 1. The van der Waals surface area contributed by atoms with E-state index in [4.69, 9.17) is 5.73 Å². The molecule has 2 rings (SSSR count). The molecule has 0 amide bonds. The van der Waals surface area contributed by atoms with Gasteiger partial charge in [-0.05, 0) is 48.7 Å². The maximum absolute atomic E-state index is 13.3. The van der Waals surface area contributed by atoms with Crippen molar-refractivity contribution in [1.29, 1.82) is 0 Å². The van der Waals surface area contributed by atoms with Crippen molar-refractivity contribution in [2.45, 2.75) is 31.0 Å². The largest absolute Gasteiger partial charge is 0.326 e. The first-order valence-corrected chi connectivity index (χ1v) is 7.26. The molecular formula is C16H18FNS. The van der Waals surface area contributed by atoms with Crippen molar-refractivity contribution in [3.05, 3.63) is 64.5 Å². The van der Waals surface area contributed by atoms with Crippen molar-refractivity contribution in [2.24, 2.45) is 5.73 Å². The number of benzene rings is 2. The molecule has 0 radical (unpaired) electrons. The molecule has 2 N–H and O–H groups in total. The number of rotatable bonds is 4. The van der Waals surface area contributed by atoms with E-state index in [0.717, 1.165) is 16.9 Å².